The molecule has 0 saturated carbocycles. The lowest BCUT2D eigenvalue weighted by molar-refractivity contribution is -0.386. The first-order valence-corrected chi connectivity index (χ1v) is 4.58. The van der Waals surface area contributed by atoms with Crippen molar-refractivity contribution in [2.24, 2.45) is 0 Å². The highest BCUT2D eigenvalue weighted by atomic mass is 79.9. The summed E-state index contributed by atoms with van der Waals surface area (Å²) in [5.41, 5.74) is -0.686. The highest BCUT2D eigenvalue weighted by Gasteiger charge is 2.27. The molecule has 0 aliphatic rings. The summed E-state index contributed by atoms with van der Waals surface area (Å²) in [5, 5.41) is 28.4. The fourth-order valence-corrected chi connectivity index (χ4v) is 1.65. The van der Waals surface area contributed by atoms with Gasteiger partial charge in [-0.15, -0.1) is 0 Å². The molecule has 1 atom stereocenters. The number of nitrogens with zero attached hydrogens (tertiary/aromatic N) is 1. The summed E-state index contributed by atoms with van der Waals surface area (Å²) in [6.07, 6.45) is -1.92. The maximum absolute atomic E-state index is 10.6. The number of hydrogen-bond donors (Lipinski definition) is 2. The van der Waals surface area contributed by atoms with E-state index in [-0.39, 0.29) is 10.0 Å². The molecule has 0 fully saturated rings. The van der Waals surface area contributed by atoms with Gasteiger partial charge in [-0.1, -0.05) is 22.0 Å². The minimum atomic E-state index is -1.92. The lowest BCUT2D eigenvalue weighted by Crippen LogP contribution is -2.13. The van der Waals surface area contributed by atoms with Crippen LogP contribution in [0.15, 0.2) is 22.7 Å². The minimum Gasteiger partial charge on any atom is -0.479 e. The molecular weight excluding hydrogens is 270 g/mol. The molecule has 7 heteroatoms. The topological polar surface area (TPSA) is 101 Å². The van der Waals surface area contributed by atoms with Crippen molar-refractivity contribution in [1.29, 1.82) is 0 Å². The number of hydrogen-bond acceptors (Lipinski definition) is 4. The molecule has 1 rings (SSSR count). The largest absolute Gasteiger partial charge is 0.479 e. The highest BCUT2D eigenvalue weighted by molar-refractivity contribution is 9.10. The molecule has 0 radical (unpaired) electrons. The maximum Gasteiger partial charge on any atom is 0.337 e. The summed E-state index contributed by atoms with van der Waals surface area (Å²) in [4.78, 5) is 20.4. The number of halogens is 1. The van der Waals surface area contributed by atoms with Gasteiger partial charge in [0.2, 0.25) is 0 Å². The minimum absolute atomic E-state index is 0.187. The van der Waals surface area contributed by atoms with Crippen molar-refractivity contribution in [2.45, 2.75) is 6.10 Å². The molecule has 0 aromatic heterocycles. The average molecular weight is 276 g/mol. The van der Waals surface area contributed by atoms with Crippen molar-refractivity contribution < 1.29 is 19.9 Å². The molecule has 2 N–H and O–H groups in total. The number of nitro benzene ring substituents is 1. The SMILES string of the molecule is O=C(O)[C@H](O)c1c(Br)cccc1[N+](=O)[O-]. The molecule has 0 unspecified atom stereocenters. The van der Waals surface area contributed by atoms with Crippen LogP contribution in [0.1, 0.15) is 11.7 Å². The van der Waals surface area contributed by atoms with Gasteiger partial charge in [0.15, 0.2) is 6.10 Å². The number of aliphatic hydroxyl groups excluding tert-OH is 1. The van der Waals surface area contributed by atoms with Gasteiger partial charge in [0.05, 0.1) is 10.5 Å². The predicted molar refractivity (Wildman–Crippen MR) is 53.4 cm³/mol. The summed E-state index contributed by atoms with van der Waals surface area (Å²) in [6.45, 7) is 0. The molecule has 80 valence electrons. The van der Waals surface area contributed by atoms with Crippen LogP contribution in [0, 0.1) is 10.1 Å². The lowest BCUT2D eigenvalue weighted by Gasteiger charge is -2.08. The number of carboxylic acids is 1. The van der Waals surface area contributed by atoms with Crippen molar-refractivity contribution in [3.8, 4) is 0 Å². The number of carbonyl (C=O) groups is 1. The molecule has 0 amide bonds. The van der Waals surface area contributed by atoms with E-state index < -0.39 is 22.7 Å². The monoisotopic (exact) mass is 275 g/mol. The Morgan fingerprint density at radius 1 is 1.53 bits per heavy atom. The Balaban J connectivity index is 3.37. The van der Waals surface area contributed by atoms with Crippen LogP contribution in [0.2, 0.25) is 0 Å². The Morgan fingerprint density at radius 2 is 2.13 bits per heavy atom. The standard InChI is InChI=1S/C8H6BrNO5/c9-4-2-1-3-5(10(14)15)6(4)7(11)8(12)13/h1-3,7,11H,(H,12,13)/t7-/m1/s1. The zero-order valence-corrected chi connectivity index (χ0v) is 8.84. The Labute approximate surface area is 92.4 Å². The second kappa shape index (κ2) is 4.37. The summed E-state index contributed by atoms with van der Waals surface area (Å²) >= 11 is 2.96. The molecule has 0 bridgehead atoms. The van der Waals surface area contributed by atoms with Gasteiger partial charge in [0, 0.05) is 10.5 Å². The number of benzene rings is 1. The van der Waals surface area contributed by atoms with E-state index in [1.165, 1.54) is 12.1 Å². The van der Waals surface area contributed by atoms with Gasteiger partial charge >= 0.3 is 5.97 Å². The molecule has 0 heterocycles. The molecule has 6 nitrogen and oxygen atoms in total. The van der Waals surface area contributed by atoms with E-state index in [9.17, 15) is 20.0 Å². The summed E-state index contributed by atoms with van der Waals surface area (Å²) in [5.74, 6) is -1.54. The van der Waals surface area contributed by atoms with E-state index in [0.29, 0.717) is 0 Å². The Morgan fingerprint density at radius 3 is 2.60 bits per heavy atom. The molecule has 15 heavy (non-hydrogen) atoms. The van der Waals surface area contributed by atoms with Crippen LogP contribution in [0.5, 0.6) is 0 Å². The number of rotatable bonds is 3. The molecular formula is C8H6BrNO5. The van der Waals surface area contributed by atoms with E-state index in [4.69, 9.17) is 5.11 Å². The van der Waals surface area contributed by atoms with E-state index in [1.807, 2.05) is 0 Å². The maximum atomic E-state index is 10.6. The predicted octanol–water partition coefficient (Wildman–Crippen LogP) is 1.48. The van der Waals surface area contributed by atoms with Gasteiger partial charge in [-0.2, -0.15) is 0 Å². The van der Waals surface area contributed by atoms with E-state index in [0.717, 1.165) is 6.07 Å². The van der Waals surface area contributed by atoms with Crippen LogP contribution in [0.25, 0.3) is 0 Å². The van der Waals surface area contributed by atoms with Gasteiger partial charge in [0.1, 0.15) is 0 Å². The number of carboxylic acid groups (broad SMARTS) is 1. The third kappa shape index (κ3) is 2.31. The Kier molecular flexibility index (Phi) is 3.38. The van der Waals surface area contributed by atoms with Crippen molar-refractivity contribution in [3.05, 3.63) is 38.3 Å². The van der Waals surface area contributed by atoms with E-state index in [1.54, 1.807) is 0 Å². The molecule has 1 aromatic rings. The van der Waals surface area contributed by atoms with Crippen LogP contribution in [0.4, 0.5) is 5.69 Å². The Bertz CT molecular complexity index is 419. The van der Waals surface area contributed by atoms with Gasteiger partial charge in [0.25, 0.3) is 5.69 Å². The van der Waals surface area contributed by atoms with Crippen LogP contribution in [0.3, 0.4) is 0 Å². The first-order chi connectivity index (χ1) is 6.95. The fourth-order valence-electron chi connectivity index (χ4n) is 1.08. The molecule has 0 spiro atoms. The van der Waals surface area contributed by atoms with Gasteiger partial charge in [-0.3, -0.25) is 10.1 Å². The first-order valence-electron chi connectivity index (χ1n) is 3.79. The van der Waals surface area contributed by atoms with Crippen molar-refractivity contribution in [2.75, 3.05) is 0 Å². The highest BCUT2D eigenvalue weighted by Crippen LogP contribution is 2.32. The van der Waals surface area contributed by atoms with Gasteiger partial charge in [-0.25, -0.2) is 4.79 Å². The molecule has 0 saturated heterocycles. The lowest BCUT2D eigenvalue weighted by atomic mass is 10.1. The molecule has 1 aromatic carbocycles. The quantitative estimate of drug-likeness (QED) is 0.643. The van der Waals surface area contributed by atoms with Crippen molar-refractivity contribution >= 4 is 27.6 Å². The Hall–Kier alpha value is -1.47. The van der Waals surface area contributed by atoms with Crippen molar-refractivity contribution in [3.63, 3.8) is 0 Å². The van der Waals surface area contributed by atoms with Crippen LogP contribution in [-0.4, -0.2) is 21.1 Å². The zero-order valence-electron chi connectivity index (χ0n) is 7.25. The van der Waals surface area contributed by atoms with Crippen LogP contribution in [-0.2, 0) is 4.79 Å². The molecule has 0 aliphatic heterocycles. The van der Waals surface area contributed by atoms with Crippen molar-refractivity contribution in [1.82, 2.24) is 0 Å². The number of aliphatic carboxylic acids is 1. The second-order valence-electron chi connectivity index (χ2n) is 2.67. The smallest absolute Gasteiger partial charge is 0.337 e. The summed E-state index contributed by atoms with van der Waals surface area (Å²) in [7, 11) is 0. The van der Waals surface area contributed by atoms with Crippen LogP contribution < -0.4 is 0 Å². The van der Waals surface area contributed by atoms with Crippen LogP contribution >= 0.6 is 15.9 Å². The number of aliphatic hydroxyl groups is 1. The summed E-state index contributed by atoms with van der Waals surface area (Å²) < 4.78 is 0.187. The summed E-state index contributed by atoms with van der Waals surface area (Å²) in [6, 6.07) is 3.95. The fraction of sp³-hybridized carbons (Fsp3) is 0.125. The normalized spacial score (nSPS) is 12.1. The van der Waals surface area contributed by atoms with E-state index in [2.05, 4.69) is 15.9 Å². The first kappa shape index (κ1) is 11.6. The number of nitro groups is 1. The average Bonchev–Trinajstić information content (AvgIpc) is 2.16. The van der Waals surface area contributed by atoms with E-state index >= 15 is 0 Å². The van der Waals surface area contributed by atoms with Gasteiger partial charge < -0.3 is 10.2 Å². The second-order valence-corrected chi connectivity index (χ2v) is 3.52. The molecule has 0 aliphatic carbocycles. The third-order valence-corrected chi connectivity index (χ3v) is 2.43. The van der Waals surface area contributed by atoms with Gasteiger partial charge in [-0.05, 0) is 6.07 Å². The zero-order chi connectivity index (χ0) is 11.6. The third-order valence-electron chi connectivity index (χ3n) is 1.73.